The van der Waals surface area contributed by atoms with Gasteiger partial charge in [-0.05, 0) is 60.9 Å². The average Bonchev–Trinajstić information content (AvgIpc) is 2.90. The van der Waals surface area contributed by atoms with Gasteiger partial charge in [-0.15, -0.1) is 0 Å². The number of anilines is 1. The molecule has 0 radical (unpaired) electrons. The van der Waals surface area contributed by atoms with Gasteiger partial charge >= 0.3 is 0 Å². The van der Waals surface area contributed by atoms with Gasteiger partial charge in [0.25, 0.3) is 10.0 Å². The summed E-state index contributed by atoms with van der Waals surface area (Å²) in [6.07, 6.45) is 0.290. The van der Waals surface area contributed by atoms with Crippen LogP contribution in [0.25, 0.3) is 0 Å². The number of nitrogens with one attached hydrogen (secondary N) is 1. The van der Waals surface area contributed by atoms with Gasteiger partial charge in [-0.2, -0.15) is 0 Å². The maximum absolute atomic E-state index is 13.9. The summed E-state index contributed by atoms with van der Waals surface area (Å²) in [4.78, 5) is 28.1. The van der Waals surface area contributed by atoms with Crippen molar-refractivity contribution in [2.45, 2.75) is 37.8 Å². The molecule has 0 bridgehead atoms. The average molecular weight is 597 g/mol. The third kappa shape index (κ3) is 6.80. The highest BCUT2D eigenvalue weighted by molar-refractivity contribution is 7.92. The number of halogens is 3. The van der Waals surface area contributed by atoms with E-state index in [1.807, 2.05) is 0 Å². The van der Waals surface area contributed by atoms with Gasteiger partial charge in [-0.25, -0.2) is 8.42 Å². The molecule has 38 heavy (non-hydrogen) atoms. The number of nitrogens with zero attached hydrogens (tertiary/aromatic N) is 2. The lowest BCUT2D eigenvalue weighted by Crippen LogP contribution is -2.51. The van der Waals surface area contributed by atoms with Crippen LogP contribution in [-0.4, -0.2) is 44.8 Å². The van der Waals surface area contributed by atoms with Gasteiger partial charge in [0.1, 0.15) is 12.6 Å². The second-order valence-electron chi connectivity index (χ2n) is 8.55. The molecule has 1 unspecified atom stereocenters. The Morgan fingerprint density at radius 3 is 2.18 bits per heavy atom. The third-order valence-corrected chi connectivity index (χ3v) is 8.63. The highest BCUT2D eigenvalue weighted by Gasteiger charge is 2.34. The minimum Gasteiger partial charge on any atom is -0.357 e. The number of sulfonamides is 1. The predicted octanol–water partition coefficient (Wildman–Crippen LogP) is 5.70. The molecular weight excluding hydrogens is 569 g/mol. The van der Waals surface area contributed by atoms with Gasteiger partial charge in [0.05, 0.1) is 10.6 Å². The summed E-state index contributed by atoms with van der Waals surface area (Å²) >= 11 is 18.7. The smallest absolute Gasteiger partial charge is 0.264 e. The topological polar surface area (TPSA) is 86.8 Å². The van der Waals surface area contributed by atoms with E-state index in [0.717, 1.165) is 4.31 Å². The zero-order chi connectivity index (χ0) is 28.0. The normalized spacial score (nSPS) is 12.1. The Morgan fingerprint density at radius 1 is 0.947 bits per heavy atom. The summed E-state index contributed by atoms with van der Waals surface area (Å²) in [7, 11) is -2.71. The zero-order valence-electron chi connectivity index (χ0n) is 21.1. The SMILES string of the molecule is CCC(C(=O)NC)N(Cc1ccc(Cl)cc1Cl)C(=O)CN(c1cc(Cl)ccc1C)S(=O)(=O)c1ccccc1. The summed E-state index contributed by atoms with van der Waals surface area (Å²) in [5.74, 6) is -0.979. The molecule has 1 N–H and O–H groups in total. The molecule has 0 saturated heterocycles. The van der Waals surface area contributed by atoms with Crippen molar-refractivity contribution in [2.24, 2.45) is 0 Å². The summed E-state index contributed by atoms with van der Waals surface area (Å²) < 4.78 is 28.7. The molecule has 0 heterocycles. The van der Waals surface area contributed by atoms with Gasteiger partial charge in [-0.1, -0.05) is 72.1 Å². The number of amides is 2. The number of carbonyl (C=O) groups excluding carboxylic acids is 2. The first-order valence-electron chi connectivity index (χ1n) is 11.8. The molecule has 3 rings (SSSR count). The lowest BCUT2D eigenvalue weighted by molar-refractivity contribution is -0.140. The van der Waals surface area contributed by atoms with Crippen molar-refractivity contribution in [1.82, 2.24) is 10.2 Å². The van der Waals surface area contributed by atoms with Crippen LogP contribution in [0, 0.1) is 6.92 Å². The van der Waals surface area contributed by atoms with Crippen molar-refractivity contribution in [2.75, 3.05) is 17.9 Å². The first kappa shape index (κ1) is 29.8. The largest absolute Gasteiger partial charge is 0.357 e. The van der Waals surface area contributed by atoms with Crippen LogP contribution in [0.15, 0.2) is 71.6 Å². The summed E-state index contributed by atoms with van der Waals surface area (Å²) in [5.41, 5.74) is 1.42. The van der Waals surface area contributed by atoms with E-state index in [-0.39, 0.29) is 29.5 Å². The molecule has 0 spiro atoms. The number of benzene rings is 3. The fourth-order valence-corrected chi connectivity index (χ4v) is 6.13. The highest BCUT2D eigenvalue weighted by Crippen LogP contribution is 2.30. The third-order valence-electron chi connectivity index (χ3n) is 6.04. The van der Waals surface area contributed by atoms with Crippen LogP contribution in [0.5, 0.6) is 0 Å². The Bertz CT molecular complexity index is 1420. The lowest BCUT2D eigenvalue weighted by Gasteiger charge is -2.33. The van der Waals surface area contributed by atoms with E-state index in [9.17, 15) is 18.0 Å². The van der Waals surface area contributed by atoms with Gasteiger partial charge in [0, 0.05) is 28.7 Å². The molecule has 1 atom stereocenters. The number of hydrogen-bond acceptors (Lipinski definition) is 4. The standard InChI is InChI=1S/C27H28Cl3N3O4S/c1-4-24(27(35)31-3)32(16-19-11-13-20(28)14-23(19)30)26(34)17-33(25-15-21(29)12-10-18(25)2)38(36,37)22-8-6-5-7-9-22/h5-15,24H,4,16-17H2,1-3H3,(H,31,35). The van der Waals surface area contributed by atoms with E-state index in [1.165, 1.54) is 30.1 Å². The Labute approximate surface area is 238 Å². The molecule has 3 aromatic carbocycles. The van der Waals surface area contributed by atoms with Gasteiger partial charge in [0.15, 0.2) is 0 Å². The Hall–Kier alpha value is -2.78. The minimum atomic E-state index is -4.18. The number of hydrogen-bond donors (Lipinski definition) is 1. The first-order valence-corrected chi connectivity index (χ1v) is 14.4. The molecule has 3 aromatic rings. The van der Waals surface area contributed by atoms with Crippen LogP contribution in [0.1, 0.15) is 24.5 Å². The number of aryl methyl sites for hydroxylation is 1. The molecule has 0 fully saturated rings. The maximum Gasteiger partial charge on any atom is 0.264 e. The maximum atomic E-state index is 13.9. The zero-order valence-corrected chi connectivity index (χ0v) is 24.2. The lowest BCUT2D eigenvalue weighted by atomic mass is 10.1. The molecule has 0 saturated carbocycles. The summed E-state index contributed by atoms with van der Waals surface area (Å²) in [6.45, 7) is 2.89. The van der Waals surface area contributed by atoms with E-state index < -0.39 is 28.5 Å². The van der Waals surface area contributed by atoms with Crippen LogP contribution < -0.4 is 9.62 Å². The number of rotatable bonds is 10. The molecule has 0 aliphatic heterocycles. The van der Waals surface area contributed by atoms with E-state index in [2.05, 4.69) is 5.32 Å². The molecule has 2 amide bonds. The molecule has 0 aromatic heterocycles. The van der Waals surface area contributed by atoms with Crippen LogP contribution in [0.4, 0.5) is 5.69 Å². The predicted molar refractivity (Wildman–Crippen MR) is 152 cm³/mol. The van der Waals surface area contributed by atoms with Crippen molar-refractivity contribution in [3.8, 4) is 0 Å². The van der Waals surface area contributed by atoms with Crippen molar-refractivity contribution in [3.05, 3.63) is 92.9 Å². The molecule has 202 valence electrons. The number of likely N-dealkylation sites (N-methyl/N-ethyl adjacent to an activating group) is 1. The van der Waals surface area contributed by atoms with E-state index >= 15 is 0 Å². The van der Waals surface area contributed by atoms with Crippen LogP contribution in [0.2, 0.25) is 15.1 Å². The van der Waals surface area contributed by atoms with Crippen LogP contribution >= 0.6 is 34.8 Å². The van der Waals surface area contributed by atoms with E-state index in [4.69, 9.17) is 34.8 Å². The molecule has 0 aliphatic rings. The van der Waals surface area contributed by atoms with E-state index in [1.54, 1.807) is 62.4 Å². The van der Waals surface area contributed by atoms with E-state index in [0.29, 0.717) is 26.2 Å². The van der Waals surface area contributed by atoms with Crippen molar-refractivity contribution in [3.63, 3.8) is 0 Å². The minimum absolute atomic E-state index is 0.0119. The fraction of sp³-hybridized carbons (Fsp3) is 0.259. The molecular formula is C27H28Cl3N3O4S. The quantitative estimate of drug-likeness (QED) is 0.325. The Kier molecular flexibility index (Phi) is 10.1. The Morgan fingerprint density at radius 2 is 1.58 bits per heavy atom. The summed E-state index contributed by atoms with van der Waals surface area (Å²) in [5, 5.41) is 3.64. The highest BCUT2D eigenvalue weighted by atomic mass is 35.5. The first-order chi connectivity index (χ1) is 18.0. The van der Waals surface area contributed by atoms with Crippen LogP contribution in [0.3, 0.4) is 0 Å². The fourth-order valence-electron chi connectivity index (χ4n) is 4.00. The van der Waals surface area contributed by atoms with Gasteiger partial charge < -0.3 is 10.2 Å². The van der Waals surface area contributed by atoms with Gasteiger partial charge in [0.2, 0.25) is 11.8 Å². The monoisotopic (exact) mass is 595 g/mol. The van der Waals surface area contributed by atoms with Crippen molar-refractivity contribution in [1.29, 1.82) is 0 Å². The van der Waals surface area contributed by atoms with Crippen molar-refractivity contribution < 1.29 is 18.0 Å². The molecule has 0 aliphatic carbocycles. The Balaban J connectivity index is 2.11. The molecule has 11 heteroatoms. The van der Waals surface area contributed by atoms with Crippen LogP contribution in [-0.2, 0) is 26.2 Å². The summed E-state index contributed by atoms with van der Waals surface area (Å²) in [6, 6.07) is 16.6. The van der Waals surface area contributed by atoms with Gasteiger partial charge in [-0.3, -0.25) is 13.9 Å². The second kappa shape index (κ2) is 12.8. The van der Waals surface area contributed by atoms with Crippen molar-refractivity contribution >= 4 is 62.3 Å². The number of carbonyl (C=O) groups is 2. The second-order valence-corrected chi connectivity index (χ2v) is 11.7. The molecule has 7 nitrogen and oxygen atoms in total.